The Hall–Kier alpha value is -2.37. The monoisotopic (exact) mass is 325 g/mol. The highest BCUT2D eigenvalue weighted by Gasteiger charge is 2.36. The molecule has 1 saturated heterocycles. The van der Waals surface area contributed by atoms with E-state index >= 15 is 0 Å². The number of ether oxygens (including phenoxy) is 2. The summed E-state index contributed by atoms with van der Waals surface area (Å²) in [7, 11) is 0. The van der Waals surface area contributed by atoms with Crippen LogP contribution < -0.4 is 10.1 Å². The van der Waals surface area contributed by atoms with Gasteiger partial charge in [0.1, 0.15) is 17.1 Å². The van der Waals surface area contributed by atoms with Crippen LogP contribution in [0.15, 0.2) is 48.5 Å². The van der Waals surface area contributed by atoms with Gasteiger partial charge < -0.3 is 19.9 Å². The van der Waals surface area contributed by atoms with E-state index in [2.05, 4.69) is 5.32 Å². The lowest BCUT2D eigenvalue weighted by molar-refractivity contribution is -0.123. The van der Waals surface area contributed by atoms with Gasteiger partial charge in [0.25, 0.3) is 0 Å². The first-order valence-corrected chi connectivity index (χ1v) is 8.10. The smallest absolute Gasteiger partial charge is 0.232 e. The predicted molar refractivity (Wildman–Crippen MR) is 88.2 cm³/mol. The topological polar surface area (TPSA) is 67.8 Å². The Labute approximate surface area is 140 Å². The SMILES string of the molecule is O=C(NCC1(O)CCOC1)C1c2ccccc2Oc2ccccc21. The highest BCUT2D eigenvalue weighted by molar-refractivity contribution is 5.89. The molecular formula is C19H19NO4. The molecule has 0 saturated carbocycles. The fourth-order valence-electron chi connectivity index (χ4n) is 3.28. The van der Waals surface area contributed by atoms with Crippen LogP contribution in [-0.4, -0.2) is 36.4 Å². The molecule has 2 aromatic carbocycles. The van der Waals surface area contributed by atoms with Crippen LogP contribution >= 0.6 is 0 Å². The summed E-state index contributed by atoms with van der Waals surface area (Å²) in [4.78, 5) is 12.9. The molecule has 5 nitrogen and oxygen atoms in total. The van der Waals surface area contributed by atoms with Gasteiger partial charge in [-0.25, -0.2) is 0 Å². The van der Waals surface area contributed by atoms with E-state index in [1.807, 2.05) is 48.5 Å². The third-order valence-electron chi connectivity index (χ3n) is 4.62. The van der Waals surface area contributed by atoms with Crippen molar-refractivity contribution in [1.29, 1.82) is 0 Å². The van der Waals surface area contributed by atoms with Crippen LogP contribution in [0.2, 0.25) is 0 Å². The van der Waals surface area contributed by atoms with Crippen LogP contribution in [-0.2, 0) is 9.53 Å². The van der Waals surface area contributed by atoms with Gasteiger partial charge in [0.2, 0.25) is 5.91 Å². The van der Waals surface area contributed by atoms with Crippen LogP contribution in [0.5, 0.6) is 11.5 Å². The second-order valence-electron chi connectivity index (χ2n) is 6.36. The van der Waals surface area contributed by atoms with E-state index in [0.29, 0.717) is 24.5 Å². The quantitative estimate of drug-likeness (QED) is 0.908. The fourth-order valence-corrected chi connectivity index (χ4v) is 3.28. The lowest BCUT2D eigenvalue weighted by atomic mass is 9.87. The first kappa shape index (κ1) is 15.2. The molecule has 4 rings (SSSR count). The van der Waals surface area contributed by atoms with Gasteiger partial charge in [-0.05, 0) is 12.1 Å². The first-order valence-electron chi connectivity index (χ1n) is 8.10. The zero-order valence-electron chi connectivity index (χ0n) is 13.2. The summed E-state index contributed by atoms with van der Waals surface area (Å²) in [6.45, 7) is 0.969. The molecule has 0 aromatic heterocycles. The zero-order chi connectivity index (χ0) is 16.6. The molecule has 0 aliphatic carbocycles. The molecule has 2 aliphatic rings. The molecule has 0 bridgehead atoms. The van der Waals surface area contributed by atoms with Crippen molar-refractivity contribution in [3.63, 3.8) is 0 Å². The minimum Gasteiger partial charge on any atom is -0.457 e. The number of carbonyl (C=O) groups excluding carboxylic acids is 1. The number of rotatable bonds is 3. The Morgan fingerprint density at radius 2 is 1.75 bits per heavy atom. The van der Waals surface area contributed by atoms with Crippen LogP contribution in [0, 0.1) is 0 Å². The summed E-state index contributed by atoms with van der Waals surface area (Å²) in [5, 5.41) is 13.3. The number of para-hydroxylation sites is 2. The van der Waals surface area contributed by atoms with E-state index in [1.165, 1.54) is 0 Å². The van der Waals surface area contributed by atoms with Crippen LogP contribution in [0.1, 0.15) is 23.5 Å². The van der Waals surface area contributed by atoms with Crippen molar-refractivity contribution in [2.24, 2.45) is 0 Å². The average molecular weight is 325 g/mol. The van der Waals surface area contributed by atoms with Crippen LogP contribution in [0.4, 0.5) is 0 Å². The van der Waals surface area contributed by atoms with Crippen LogP contribution in [0.3, 0.4) is 0 Å². The molecule has 5 heteroatoms. The standard InChI is InChI=1S/C19H19NO4/c21-18(20-11-19(22)9-10-23-12-19)17-13-5-1-3-7-15(13)24-16-8-4-2-6-14(16)17/h1-8,17,22H,9-12H2,(H,20,21). The van der Waals surface area contributed by atoms with Crippen molar-refractivity contribution in [3.05, 3.63) is 59.7 Å². The number of benzene rings is 2. The normalized spacial score (nSPS) is 22.4. The van der Waals surface area contributed by atoms with Crippen molar-refractivity contribution in [1.82, 2.24) is 5.32 Å². The average Bonchev–Trinajstić information content (AvgIpc) is 3.04. The number of aliphatic hydroxyl groups is 1. The molecule has 2 aliphatic heterocycles. The Bertz CT molecular complexity index is 722. The Morgan fingerprint density at radius 1 is 1.12 bits per heavy atom. The molecule has 1 unspecified atom stereocenters. The van der Waals surface area contributed by atoms with Crippen LogP contribution in [0.25, 0.3) is 0 Å². The van der Waals surface area contributed by atoms with Crippen molar-refractivity contribution in [2.45, 2.75) is 17.9 Å². The van der Waals surface area contributed by atoms with E-state index in [1.54, 1.807) is 0 Å². The molecule has 2 heterocycles. The molecule has 0 spiro atoms. The second kappa shape index (κ2) is 5.92. The van der Waals surface area contributed by atoms with Crippen molar-refractivity contribution >= 4 is 5.91 Å². The van der Waals surface area contributed by atoms with Gasteiger partial charge in [-0.3, -0.25) is 4.79 Å². The predicted octanol–water partition coefficient (Wildman–Crippen LogP) is 2.19. The summed E-state index contributed by atoms with van der Waals surface area (Å²) in [6.07, 6.45) is 0.536. The van der Waals surface area contributed by atoms with E-state index in [-0.39, 0.29) is 19.1 Å². The van der Waals surface area contributed by atoms with Gasteiger partial charge in [0.15, 0.2) is 0 Å². The Balaban J connectivity index is 1.63. The second-order valence-corrected chi connectivity index (χ2v) is 6.36. The molecule has 2 N–H and O–H groups in total. The van der Waals surface area contributed by atoms with E-state index in [9.17, 15) is 9.90 Å². The lowest BCUT2D eigenvalue weighted by Gasteiger charge is -2.28. The number of fused-ring (bicyclic) bond motifs is 2. The Morgan fingerprint density at radius 3 is 2.33 bits per heavy atom. The third-order valence-corrected chi connectivity index (χ3v) is 4.62. The largest absolute Gasteiger partial charge is 0.457 e. The summed E-state index contributed by atoms with van der Waals surface area (Å²) < 4.78 is 11.1. The van der Waals surface area contributed by atoms with Gasteiger partial charge in [-0.1, -0.05) is 36.4 Å². The molecule has 1 atom stereocenters. The summed E-state index contributed by atoms with van der Waals surface area (Å²) in [5.74, 6) is 0.800. The van der Waals surface area contributed by atoms with E-state index in [0.717, 1.165) is 11.1 Å². The molecule has 1 amide bonds. The lowest BCUT2D eigenvalue weighted by Crippen LogP contribution is -2.45. The molecule has 1 fully saturated rings. The molecule has 0 radical (unpaired) electrons. The third kappa shape index (κ3) is 2.66. The number of hydrogen-bond acceptors (Lipinski definition) is 4. The Kier molecular flexibility index (Phi) is 3.75. The molecule has 2 aromatic rings. The zero-order valence-corrected chi connectivity index (χ0v) is 13.2. The molecule has 124 valence electrons. The summed E-state index contributed by atoms with van der Waals surface area (Å²) >= 11 is 0. The summed E-state index contributed by atoms with van der Waals surface area (Å²) in [5.41, 5.74) is 0.701. The highest BCUT2D eigenvalue weighted by Crippen LogP contribution is 2.43. The van der Waals surface area contributed by atoms with Gasteiger partial charge in [0, 0.05) is 30.7 Å². The van der Waals surface area contributed by atoms with Gasteiger partial charge in [-0.2, -0.15) is 0 Å². The van der Waals surface area contributed by atoms with Crippen molar-refractivity contribution < 1.29 is 19.4 Å². The molecule has 24 heavy (non-hydrogen) atoms. The fraction of sp³-hybridized carbons (Fsp3) is 0.316. The van der Waals surface area contributed by atoms with E-state index in [4.69, 9.17) is 9.47 Å². The number of carbonyl (C=O) groups is 1. The van der Waals surface area contributed by atoms with Gasteiger partial charge in [0.05, 0.1) is 12.5 Å². The number of nitrogens with one attached hydrogen (secondary N) is 1. The number of amides is 1. The minimum absolute atomic E-state index is 0.140. The maximum atomic E-state index is 12.9. The summed E-state index contributed by atoms with van der Waals surface area (Å²) in [6, 6.07) is 15.1. The van der Waals surface area contributed by atoms with Crippen molar-refractivity contribution in [3.8, 4) is 11.5 Å². The van der Waals surface area contributed by atoms with E-state index < -0.39 is 11.5 Å². The van der Waals surface area contributed by atoms with Crippen molar-refractivity contribution in [2.75, 3.05) is 19.8 Å². The maximum absolute atomic E-state index is 12.9. The van der Waals surface area contributed by atoms with Gasteiger partial charge >= 0.3 is 0 Å². The maximum Gasteiger partial charge on any atom is 0.232 e. The number of hydrogen-bond donors (Lipinski definition) is 2. The highest BCUT2D eigenvalue weighted by atomic mass is 16.5. The minimum atomic E-state index is -0.972. The van der Waals surface area contributed by atoms with Gasteiger partial charge in [-0.15, -0.1) is 0 Å². The first-order chi connectivity index (χ1) is 11.7. The molecular weight excluding hydrogens is 306 g/mol.